The molecule has 2 amide bonds. The number of ether oxygens (including phenoxy) is 4. The van der Waals surface area contributed by atoms with Crippen LogP contribution in [0.2, 0.25) is 0 Å². The summed E-state index contributed by atoms with van der Waals surface area (Å²) in [5.74, 6) is -1.06. The second-order valence-electron chi connectivity index (χ2n) is 5.26. The SMILES string of the molecule is COc1cc(OC)cc(C(=O)OCC(=O)NC(=O)c2ccccc2OC)c1. The van der Waals surface area contributed by atoms with Gasteiger partial charge in [-0.3, -0.25) is 14.9 Å². The predicted molar refractivity (Wildman–Crippen MR) is 95.3 cm³/mol. The van der Waals surface area contributed by atoms with Gasteiger partial charge in [0.2, 0.25) is 0 Å². The van der Waals surface area contributed by atoms with Crippen LogP contribution in [0.3, 0.4) is 0 Å². The maximum atomic E-state index is 12.1. The molecule has 142 valence electrons. The van der Waals surface area contributed by atoms with Crippen LogP contribution in [0.5, 0.6) is 17.2 Å². The number of nitrogens with one attached hydrogen (secondary N) is 1. The topological polar surface area (TPSA) is 100 Å². The molecule has 0 unspecified atom stereocenters. The van der Waals surface area contributed by atoms with Crippen molar-refractivity contribution < 1.29 is 33.3 Å². The molecule has 0 radical (unpaired) electrons. The average Bonchev–Trinajstić information content (AvgIpc) is 2.71. The predicted octanol–water partition coefficient (Wildman–Crippen LogP) is 1.83. The van der Waals surface area contributed by atoms with Crippen molar-refractivity contribution in [2.24, 2.45) is 0 Å². The van der Waals surface area contributed by atoms with E-state index in [1.54, 1.807) is 24.3 Å². The molecule has 0 saturated heterocycles. The number of benzene rings is 2. The fourth-order valence-electron chi connectivity index (χ4n) is 2.20. The van der Waals surface area contributed by atoms with Crippen molar-refractivity contribution in [3.8, 4) is 17.2 Å². The molecule has 1 N–H and O–H groups in total. The van der Waals surface area contributed by atoms with Gasteiger partial charge >= 0.3 is 5.97 Å². The van der Waals surface area contributed by atoms with Crippen molar-refractivity contribution in [1.29, 1.82) is 0 Å². The van der Waals surface area contributed by atoms with Crippen LogP contribution in [0.25, 0.3) is 0 Å². The number of esters is 1. The van der Waals surface area contributed by atoms with Gasteiger partial charge in [0.1, 0.15) is 17.2 Å². The second-order valence-corrected chi connectivity index (χ2v) is 5.26. The van der Waals surface area contributed by atoms with Crippen molar-refractivity contribution >= 4 is 17.8 Å². The molecule has 0 heterocycles. The number of carbonyl (C=O) groups is 3. The molecule has 2 aromatic rings. The number of imide groups is 1. The summed E-state index contributed by atoms with van der Waals surface area (Å²) in [6, 6.07) is 10.9. The first-order valence-corrected chi connectivity index (χ1v) is 7.86. The summed E-state index contributed by atoms with van der Waals surface area (Å²) < 4.78 is 20.1. The van der Waals surface area contributed by atoms with E-state index in [2.05, 4.69) is 5.32 Å². The van der Waals surface area contributed by atoms with E-state index in [0.717, 1.165) is 0 Å². The molecule has 0 spiro atoms. The molecule has 0 aliphatic rings. The van der Waals surface area contributed by atoms with E-state index in [1.807, 2.05) is 0 Å². The zero-order valence-electron chi connectivity index (χ0n) is 15.1. The van der Waals surface area contributed by atoms with Gasteiger partial charge in [-0.25, -0.2) is 4.79 Å². The molecule has 2 rings (SSSR count). The van der Waals surface area contributed by atoms with Gasteiger partial charge in [-0.15, -0.1) is 0 Å². The van der Waals surface area contributed by atoms with Crippen LogP contribution in [-0.2, 0) is 9.53 Å². The Labute approximate surface area is 156 Å². The van der Waals surface area contributed by atoms with Crippen LogP contribution >= 0.6 is 0 Å². The Hall–Kier alpha value is -3.55. The van der Waals surface area contributed by atoms with Crippen molar-refractivity contribution in [2.45, 2.75) is 0 Å². The second kappa shape index (κ2) is 9.23. The quantitative estimate of drug-likeness (QED) is 0.739. The lowest BCUT2D eigenvalue weighted by Gasteiger charge is -2.10. The molecule has 2 aromatic carbocycles. The number of methoxy groups -OCH3 is 3. The van der Waals surface area contributed by atoms with E-state index in [-0.39, 0.29) is 11.1 Å². The van der Waals surface area contributed by atoms with Crippen molar-refractivity contribution in [1.82, 2.24) is 5.32 Å². The highest BCUT2D eigenvalue weighted by atomic mass is 16.5. The highest BCUT2D eigenvalue weighted by molar-refractivity contribution is 6.07. The molecule has 0 aromatic heterocycles. The van der Waals surface area contributed by atoms with Crippen LogP contribution in [0.4, 0.5) is 0 Å². The van der Waals surface area contributed by atoms with Crippen molar-refractivity contribution in [3.05, 3.63) is 53.6 Å². The highest BCUT2D eigenvalue weighted by Gasteiger charge is 2.17. The fraction of sp³-hybridized carbons (Fsp3) is 0.211. The number of hydrogen-bond acceptors (Lipinski definition) is 7. The molecule has 0 fully saturated rings. The number of amides is 2. The first-order chi connectivity index (χ1) is 13.0. The Balaban J connectivity index is 1.97. The summed E-state index contributed by atoms with van der Waals surface area (Å²) in [6.07, 6.45) is 0. The third-order valence-electron chi connectivity index (χ3n) is 3.53. The Morgan fingerprint density at radius 1 is 0.889 bits per heavy atom. The monoisotopic (exact) mass is 373 g/mol. The number of hydrogen-bond donors (Lipinski definition) is 1. The first kappa shape index (κ1) is 19.8. The molecule has 0 bridgehead atoms. The van der Waals surface area contributed by atoms with E-state index in [1.165, 1.54) is 39.5 Å². The fourth-order valence-corrected chi connectivity index (χ4v) is 2.20. The molecular weight excluding hydrogens is 354 g/mol. The van der Waals surface area contributed by atoms with E-state index in [9.17, 15) is 14.4 Å². The average molecular weight is 373 g/mol. The van der Waals surface area contributed by atoms with Crippen LogP contribution in [0.15, 0.2) is 42.5 Å². The molecule has 0 aliphatic carbocycles. The molecule has 8 nitrogen and oxygen atoms in total. The van der Waals surface area contributed by atoms with Gasteiger partial charge in [0.05, 0.1) is 32.5 Å². The summed E-state index contributed by atoms with van der Waals surface area (Å²) in [4.78, 5) is 36.2. The van der Waals surface area contributed by atoms with Crippen LogP contribution in [0.1, 0.15) is 20.7 Å². The lowest BCUT2D eigenvalue weighted by atomic mass is 10.2. The summed E-state index contributed by atoms with van der Waals surface area (Å²) in [5.41, 5.74) is 0.340. The Bertz CT molecular complexity index is 825. The molecule has 0 atom stereocenters. The normalized spacial score (nSPS) is 9.89. The molecule has 0 aliphatic heterocycles. The van der Waals surface area contributed by atoms with E-state index in [4.69, 9.17) is 18.9 Å². The summed E-state index contributed by atoms with van der Waals surface area (Å²) in [5, 5.41) is 2.14. The first-order valence-electron chi connectivity index (χ1n) is 7.86. The molecule has 0 saturated carbocycles. The third-order valence-corrected chi connectivity index (χ3v) is 3.53. The Kier molecular flexibility index (Phi) is 6.76. The minimum absolute atomic E-state index is 0.148. The number of rotatable bonds is 7. The maximum Gasteiger partial charge on any atom is 0.338 e. The molecule has 27 heavy (non-hydrogen) atoms. The summed E-state index contributed by atoms with van der Waals surface area (Å²) >= 11 is 0. The summed E-state index contributed by atoms with van der Waals surface area (Å²) in [7, 11) is 4.31. The Morgan fingerprint density at radius 3 is 2.11 bits per heavy atom. The number of carbonyl (C=O) groups excluding carboxylic acids is 3. The van der Waals surface area contributed by atoms with Crippen molar-refractivity contribution in [2.75, 3.05) is 27.9 Å². The lowest BCUT2D eigenvalue weighted by molar-refractivity contribution is -0.123. The van der Waals surface area contributed by atoms with E-state index in [0.29, 0.717) is 17.2 Å². The minimum atomic E-state index is -0.769. The van der Waals surface area contributed by atoms with Gasteiger partial charge in [0.25, 0.3) is 11.8 Å². The molecule has 8 heteroatoms. The van der Waals surface area contributed by atoms with Crippen LogP contribution < -0.4 is 19.5 Å². The van der Waals surface area contributed by atoms with Gasteiger partial charge in [-0.2, -0.15) is 0 Å². The maximum absolute atomic E-state index is 12.1. The lowest BCUT2D eigenvalue weighted by Crippen LogP contribution is -2.34. The van der Waals surface area contributed by atoms with E-state index >= 15 is 0 Å². The highest BCUT2D eigenvalue weighted by Crippen LogP contribution is 2.23. The summed E-state index contributed by atoms with van der Waals surface area (Å²) in [6.45, 7) is -0.626. The van der Waals surface area contributed by atoms with Gasteiger partial charge in [-0.1, -0.05) is 12.1 Å². The smallest absolute Gasteiger partial charge is 0.338 e. The van der Waals surface area contributed by atoms with Crippen LogP contribution in [-0.4, -0.2) is 45.7 Å². The minimum Gasteiger partial charge on any atom is -0.497 e. The van der Waals surface area contributed by atoms with Gasteiger partial charge in [0.15, 0.2) is 6.61 Å². The van der Waals surface area contributed by atoms with Gasteiger partial charge in [0, 0.05) is 6.07 Å². The zero-order valence-corrected chi connectivity index (χ0v) is 15.1. The Morgan fingerprint density at radius 2 is 1.52 bits per heavy atom. The van der Waals surface area contributed by atoms with Gasteiger partial charge in [-0.05, 0) is 24.3 Å². The van der Waals surface area contributed by atoms with Crippen LogP contribution in [0, 0.1) is 0 Å². The van der Waals surface area contributed by atoms with Gasteiger partial charge < -0.3 is 18.9 Å². The zero-order chi connectivity index (χ0) is 19.8. The number of para-hydroxylation sites is 1. The van der Waals surface area contributed by atoms with Crippen molar-refractivity contribution in [3.63, 3.8) is 0 Å². The largest absolute Gasteiger partial charge is 0.497 e. The van der Waals surface area contributed by atoms with E-state index < -0.39 is 24.4 Å². The standard InChI is InChI=1S/C19H19NO7/c1-24-13-8-12(9-14(10-13)25-2)19(23)27-11-17(21)20-18(22)15-6-4-5-7-16(15)26-3/h4-10H,11H2,1-3H3,(H,20,21,22). The molecular formula is C19H19NO7. The third kappa shape index (κ3) is 5.21.